The van der Waals surface area contributed by atoms with Crippen LogP contribution >= 0.6 is 0 Å². The van der Waals surface area contributed by atoms with Crippen LogP contribution in [0.2, 0.25) is 0 Å². The minimum Gasteiger partial charge on any atom is -0.478 e. The monoisotopic (exact) mass is 258 g/mol. The first-order valence-electron chi connectivity index (χ1n) is 5.36. The summed E-state index contributed by atoms with van der Waals surface area (Å²) in [5.41, 5.74) is 1.22. The van der Waals surface area contributed by atoms with Gasteiger partial charge in [0.15, 0.2) is 0 Å². The maximum absolute atomic E-state index is 11.4. The van der Waals surface area contributed by atoms with Crippen molar-refractivity contribution in [3.63, 3.8) is 0 Å². The van der Waals surface area contributed by atoms with E-state index >= 15 is 0 Å². The van der Waals surface area contributed by atoms with Crippen LogP contribution in [0.3, 0.4) is 0 Å². The molecule has 2 heterocycles. The van der Waals surface area contributed by atoms with E-state index in [1.807, 2.05) is 0 Å². The number of methoxy groups -OCH3 is 1. The molecule has 0 unspecified atom stereocenters. The van der Waals surface area contributed by atoms with Crippen LogP contribution in [0.15, 0.2) is 36.7 Å². The quantitative estimate of drug-likeness (QED) is 0.841. The topological polar surface area (TPSA) is 89.4 Å². The Labute approximate surface area is 108 Å². The molecule has 2 aromatic heterocycles. The van der Waals surface area contributed by atoms with E-state index in [0.29, 0.717) is 17.0 Å². The lowest BCUT2D eigenvalue weighted by atomic mass is 10.1. The first-order chi connectivity index (χ1) is 9.11. The van der Waals surface area contributed by atoms with Gasteiger partial charge in [-0.2, -0.15) is 0 Å². The maximum atomic E-state index is 11.4. The minimum atomic E-state index is -1.05. The normalized spacial score (nSPS) is 9.95. The summed E-state index contributed by atoms with van der Waals surface area (Å²) in [4.78, 5) is 30.4. The molecule has 0 saturated carbocycles. The highest BCUT2D eigenvalue weighted by Gasteiger charge is 2.10. The van der Waals surface area contributed by atoms with Gasteiger partial charge in [0.25, 0.3) is 0 Å². The molecule has 2 rings (SSSR count). The van der Waals surface area contributed by atoms with Crippen LogP contribution in [0.1, 0.15) is 20.7 Å². The summed E-state index contributed by atoms with van der Waals surface area (Å²) in [6.07, 6.45) is 2.82. The molecular weight excluding hydrogens is 248 g/mol. The summed E-state index contributed by atoms with van der Waals surface area (Å²) >= 11 is 0. The zero-order valence-electron chi connectivity index (χ0n) is 10.0. The Morgan fingerprint density at radius 1 is 1.05 bits per heavy atom. The number of carboxylic acids is 1. The molecule has 0 saturated heterocycles. The van der Waals surface area contributed by atoms with Gasteiger partial charge in [-0.3, -0.25) is 9.97 Å². The van der Waals surface area contributed by atoms with Gasteiger partial charge in [0, 0.05) is 12.4 Å². The van der Waals surface area contributed by atoms with Crippen molar-refractivity contribution >= 4 is 11.9 Å². The maximum Gasteiger partial charge on any atom is 0.337 e. The smallest absolute Gasteiger partial charge is 0.337 e. The van der Waals surface area contributed by atoms with Crippen molar-refractivity contribution < 1.29 is 19.4 Å². The number of hydrogen-bond donors (Lipinski definition) is 1. The average Bonchev–Trinajstić information content (AvgIpc) is 2.46. The standard InChI is InChI=1S/C13H10N2O4/c1-19-13(18)9-3-5-15-11(7-9)10-6-8(12(16)17)2-4-14-10/h2-7H,1H3,(H,16,17). The molecule has 0 aliphatic heterocycles. The van der Waals surface area contributed by atoms with E-state index in [-0.39, 0.29) is 5.56 Å². The van der Waals surface area contributed by atoms with E-state index in [0.717, 1.165) is 0 Å². The fraction of sp³-hybridized carbons (Fsp3) is 0.0769. The van der Waals surface area contributed by atoms with Gasteiger partial charge in [-0.15, -0.1) is 0 Å². The van der Waals surface area contributed by atoms with Crippen LogP contribution in [0.25, 0.3) is 11.4 Å². The lowest BCUT2D eigenvalue weighted by molar-refractivity contribution is 0.0599. The molecule has 0 aromatic carbocycles. The van der Waals surface area contributed by atoms with Crippen LogP contribution in [0.4, 0.5) is 0 Å². The van der Waals surface area contributed by atoms with Crippen molar-refractivity contribution in [1.29, 1.82) is 0 Å². The van der Waals surface area contributed by atoms with Crippen LogP contribution in [-0.4, -0.2) is 34.1 Å². The summed E-state index contributed by atoms with van der Waals surface area (Å²) in [5.74, 6) is -1.54. The molecule has 0 fully saturated rings. The summed E-state index contributed by atoms with van der Waals surface area (Å²) in [5, 5.41) is 8.91. The third-order valence-corrected chi connectivity index (χ3v) is 2.45. The number of nitrogens with zero attached hydrogens (tertiary/aromatic N) is 2. The number of carbonyl (C=O) groups excluding carboxylic acids is 1. The SMILES string of the molecule is COC(=O)c1ccnc(-c2cc(C(=O)O)ccn2)c1. The first-order valence-corrected chi connectivity index (χ1v) is 5.36. The van der Waals surface area contributed by atoms with E-state index in [1.165, 1.54) is 43.8 Å². The van der Waals surface area contributed by atoms with Gasteiger partial charge >= 0.3 is 11.9 Å². The number of carboxylic acid groups (broad SMARTS) is 1. The third kappa shape index (κ3) is 2.74. The number of ether oxygens (including phenoxy) is 1. The van der Waals surface area contributed by atoms with E-state index in [4.69, 9.17) is 5.11 Å². The van der Waals surface area contributed by atoms with Gasteiger partial charge in [-0.25, -0.2) is 9.59 Å². The number of pyridine rings is 2. The number of aromatic nitrogens is 2. The van der Waals surface area contributed by atoms with E-state index in [9.17, 15) is 9.59 Å². The van der Waals surface area contributed by atoms with Crippen molar-refractivity contribution in [3.05, 3.63) is 47.8 Å². The van der Waals surface area contributed by atoms with Crippen LogP contribution in [-0.2, 0) is 4.74 Å². The molecule has 19 heavy (non-hydrogen) atoms. The molecule has 0 spiro atoms. The van der Waals surface area contributed by atoms with Crippen molar-refractivity contribution in [3.8, 4) is 11.4 Å². The van der Waals surface area contributed by atoms with E-state index in [2.05, 4.69) is 14.7 Å². The summed E-state index contributed by atoms with van der Waals surface area (Å²) in [6, 6.07) is 5.79. The Morgan fingerprint density at radius 3 is 2.11 bits per heavy atom. The average molecular weight is 258 g/mol. The lowest BCUT2D eigenvalue weighted by Crippen LogP contribution is -2.02. The summed E-state index contributed by atoms with van der Waals surface area (Å²) < 4.78 is 4.61. The highest BCUT2D eigenvalue weighted by Crippen LogP contribution is 2.17. The number of aromatic carboxylic acids is 1. The Bertz CT molecular complexity index is 640. The molecule has 6 nitrogen and oxygen atoms in total. The van der Waals surface area contributed by atoms with E-state index in [1.54, 1.807) is 0 Å². The molecule has 6 heteroatoms. The second-order valence-corrected chi connectivity index (χ2v) is 3.66. The number of esters is 1. The van der Waals surface area contributed by atoms with Gasteiger partial charge in [0.05, 0.1) is 29.6 Å². The van der Waals surface area contributed by atoms with Crippen molar-refractivity contribution in [1.82, 2.24) is 9.97 Å². The highest BCUT2D eigenvalue weighted by atomic mass is 16.5. The fourth-order valence-corrected chi connectivity index (χ4v) is 1.52. The van der Waals surface area contributed by atoms with Gasteiger partial charge in [-0.05, 0) is 24.3 Å². The summed E-state index contributed by atoms with van der Waals surface area (Å²) in [7, 11) is 1.28. The Balaban J connectivity index is 2.44. The Kier molecular flexibility index (Phi) is 3.51. The number of hydrogen-bond acceptors (Lipinski definition) is 5. The fourth-order valence-electron chi connectivity index (χ4n) is 1.52. The molecule has 0 atom stereocenters. The predicted octanol–water partition coefficient (Wildman–Crippen LogP) is 1.63. The van der Waals surface area contributed by atoms with Crippen molar-refractivity contribution in [2.45, 2.75) is 0 Å². The molecule has 0 amide bonds. The predicted molar refractivity (Wildman–Crippen MR) is 65.8 cm³/mol. The molecular formula is C13H10N2O4. The minimum absolute atomic E-state index is 0.107. The number of rotatable bonds is 3. The van der Waals surface area contributed by atoms with E-state index < -0.39 is 11.9 Å². The van der Waals surface area contributed by atoms with Crippen molar-refractivity contribution in [2.24, 2.45) is 0 Å². The molecule has 1 N–H and O–H groups in total. The zero-order valence-corrected chi connectivity index (χ0v) is 10.0. The molecule has 0 aliphatic rings. The summed E-state index contributed by atoms with van der Waals surface area (Å²) in [6.45, 7) is 0. The molecule has 0 aliphatic carbocycles. The van der Waals surface area contributed by atoms with Crippen LogP contribution < -0.4 is 0 Å². The third-order valence-electron chi connectivity index (χ3n) is 2.45. The molecule has 0 bridgehead atoms. The first kappa shape index (κ1) is 12.7. The molecule has 2 aromatic rings. The largest absolute Gasteiger partial charge is 0.478 e. The number of carbonyl (C=O) groups is 2. The lowest BCUT2D eigenvalue weighted by Gasteiger charge is -2.03. The highest BCUT2D eigenvalue weighted by molar-refractivity contribution is 5.91. The Hall–Kier alpha value is -2.76. The van der Waals surface area contributed by atoms with Gasteiger partial charge in [0.1, 0.15) is 0 Å². The molecule has 0 radical (unpaired) electrons. The van der Waals surface area contributed by atoms with Gasteiger partial charge in [0.2, 0.25) is 0 Å². The van der Waals surface area contributed by atoms with Crippen LogP contribution in [0.5, 0.6) is 0 Å². The van der Waals surface area contributed by atoms with Gasteiger partial charge in [-0.1, -0.05) is 0 Å². The zero-order chi connectivity index (χ0) is 13.8. The second-order valence-electron chi connectivity index (χ2n) is 3.66. The van der Waals surface area contributed by atoms with Gasteiger partial charge < -0.3 is 9.84 Å². The van der Waals surface area contributed by atoms with Crippen LogP contribution in [0, 0.1) is 0 Å². The van der Waals surface area contributed by atoms with Crippen molar-refractivity contribution in [2.75, 3.05) is 7.11 Å². The molecule has 96 valence electrons. The Morgan fingerprint density at radius 2 is 1.58 bits per heavy atom. The second kappa shape index (κ2) is 5.26.